The smallest absolute Gasteiger partial charge is 0.550 e. The minimum absolute atomic E-state index is 0. The Balaban J connectivity index is 0. The second-order valence-electron chi connectivity index (χ2n) is 1.96. The van der Waals surface area contributed by atoms with E-state index >= 15 is 0 Å². The summed E-state index contributed by atoms with van der Waals surface area (Å²) in [6.45, 7) is 2.94. The molecule has 0 aliphatic carbocycles. The van der Waals surface area contributed by atoms with Crippen molar-refractivity contribution < 1.29 is 37.6 Å². The SMILES string of the molecule is CC(=O)[O-].Cc1ccccn1.[Hg+]. The van der Waals surface area contributed by atoms with E-state index in [1.54, 1.807) is 6.20 Å². The predicted molar refractivity (Wildman–Crippen MR) is 39.7 cm³/mol. The first-order valence-electron chi connectivity index (χ1n) is 3.18. The Morgan fingerprint density at radius 3 is 2.17 bits per heavy atom. The summed E-state index contributed by atoms with van der Waals surface area (Å²) in [6, 6.07) is 5.86. The Labute approximate surface area is 92.3 Å². The summed E-state index contributed by atoms with van der Waals surface area (Å²) >= 11 is 0. The predicted octanol–water partition coefficient (Wildman–Crippen LogP) is 0.144. The summed E-state index contributed by atoms with van der Waals surface area (Å²) in [5.41, 5.74) is 1.07. The fourth-order valence-corrected chi connectivity index (χ4v) is 0.448. The van der Waals surface area contributed by atoms with Crippen molar-refractivity contribution in [2.45, 2.75) is 13.8 Å². The van der Waals surface area contributed by atoms with E-state index in [9.17, 15) is 0 Å². The van der Waals surface area contributed by atoms with E-state index in [0.717, 1.165) is 12.6 Å². The minimum atomic E-state index is -1.08. The summed E-state index contributed by atoms with van der Waals surface area (Å²) in [5.74, 6) is -1.08. The quantitative estimate of drug-likeness (QED) is 0.624. The molecule has 0 aromatic carbocycles. The normalized spacial score (nSPS) is 7.17. The van der Waals surface area contributed by atoms with Gasteiger partial charge in [-0.3, -0.25) is 4.98 Å². The summed E-state index contributed by atoms with van der Waals surface area (Å²) in [6.07, 6.45) is 1.79. The average Bonchev–Trinajstić information content (AvgIpc) is 1.87. The molecule has 0 atom stereocenters. The molecule has 61 valence electrons. The molecule has 0 unspecified atom stereocenters. The van der Waals surface area contributed by atoms with Crippen molar-refractivity contribution in [3.05, 3.63) is 30.1 Å². The van der Waals surface area contributed by atoms with Crippen molar-refractivity contribution in [1.82, 2.24) is 4.98 Å². The summed E-state index contributed by atoms with van der Waals surface area (Å²) in [4.78, 5) is 12.9. The van der Waals surface area contributed by atoms with Crippen LogP contribution in [0.1, 0.15) is 12.6 Å². The van der Waals surface area contributed by atoms with Crippen LogP contribution in [0.15, 0.2) is 24.4 Å². The second-order valence-corrected chi connectivity index (χ2v) is 1.96. The fourth-order valence-electron chi connectivity index (χ4n) is 0.448. The van der Waals surface area contributed by atoms with Gasteiger partial charge in [-0.05, 0) is 26.0 Å². The van der Waals surface area contributed by atoms with Gasteiger partial charge in [0.15, 0.2) is 0 Å². The van der Waals surface area contributed by atoms with Crippen LogP contribution in [0.3, 0.4) is 0 Å². The molecular formula is C8H10HgNO2. The Kier molecular flexibility index (Phi) is 10.2. The van der Waals surface area contributed by atoms with Crippen LogP contribution >= 0.6 is 0 Å². The number of carboxylic acids is 1. The summed E-state index contributed by atoms with van der Waals surface area (Å²) < 4.78 is 0. The third kappa shape index (κ3) is 12.3. The number of rotatable bonds is 0. The topological polar surface area (TPSA) is 53.0 Å². The zero-order valence-corrected chi connectivity index (χ0v) is 12.8. The van der Waals surface area contributed by atoms with Crippen LogP contribution in [0.5, 0.6) is 0 Å². The molecule has 0 aliphatic heterocycles. The Hall–Kier alpha value is -0.445. The molecule has 0 bridgehead atoms. The minimum Gasteiger partial charge on any atom is -0.550 e. The Morgan fingerprint density at radius 2 is 2.00 bits per heavy atom. The van der Waals surface area contributed by atoms with Gasteiger partial charge in [-0.2, -0.15) is 0 Å². The molecule has 0 fully saturated rings. The van der Waals surface area contributed by atoms with Gasteiger partial charge in [0.25, 0.3) is 0 Å². The standard InChI is InChI=1S/C6H7N.C2H4O2.Hg/c1-6-4-2-3-5-7-6;1-2(3)4;/h2-5H,1H3;1H3,(H,3,4);/q;;+1/p-1. The van der Waals surface area contributed by atoms with Crippen molar-refractivity contribution in [2.75, 3.05) is 0 Å². The van der Waals surface area contributed by atoms with Crippen LogP contribution in [-0.2, 0) is 32.5 Å². The number of carbonyl (C=O) groups excluding carboxylic acids is 1. The van der Waals surface area contributed by atoms with Crippen molar-refractivity contribution in [1.29, 1.82) is 0 Å². The Morgan fingerprint density at radius 1 is 1.50 bits per heavy atom. The van der Waals surface area contributed by atoms with Crippen molar-refractivity contribution in [2.24, 2.45) is 0 Å². The maximum absolute atomic E-state index is 8.89. The van der Waals surface area contributed by atoms with Crippen LogP contribution in [0, 0.1) is 6.92 Å². The molecule has 1 aromatic heterocycles. The zero-order valence-electron chi connectivity index (χ0n) is 7.28. The molecule has 0 saturated heterocycles. The van der Waals surface area contributed by atoms with Gasteiger partial charge < -0.3 is 9.90 Å². The maximum Gasteiger partial charge on any atom is 1.00 e. The molecule has 0 N–H and O–H groups in total. The number of pyridine rings is 1. The van der Waals surface area contributed by atoms with Crippen LogP contribution in [0.25, 0.3) is 0 Å². The van der Waals surface area contributed by atoms with Crippen LogP contribution in [0.4, 0.5) is 0 Å². The molecule has 12 heavy (non-hydrogen) atoms. The first-order valence-corrected chi connectivity index (χ1v) is 3.18. The fraction of sp³-hybridized carbons (Fsp3) is 0.250. The summed E-state index contributed by atoms with van der Waals surface area (Å²) in [7, 11) is 0. The molecule has 0 aliphatic rings. The van der Waals surface area contributed by atoms with Gasteiger partial charge >= 0.3 is 27.7 Å². The van der Waals surface area contributed by atoms with E-state index < -0.39 is 5.97 Å². The van der Waals surface area contributed by atoms with E-state index in [4.69, 9.17) is 9.90 Å². The van der Waals surface area contributed by atoms with Crippen LogP contribution in [-0.4, -0.2) is 11.0 Å². The van der Waals surface area contributed by atoms with E-state index in [0.29, 0.717) is 0 Å². The summed E-state index contributed by atoms with van der Waals surface area (Å²) in [5, 5.41) is 8.89. The second kappa shape index (κ2) is 8.65. The van der Waals surface area contributed by atoms with Gasteiger partial charge in [0.05, 0.1) is 0 Å². The molecule has 1 rings (SSSR count). The first kappa shape index (κ1) is 14.1. The average molecular weight is 353 g/mol. The third-order valence-corrected chi connectivity index (χ3v) is 0.813. The van der Waals surface area contributed by atoms with Crippen molar-refractivity contribution in [3.8, 4) is 0 Å². The number of aryl methyl sites for hydroxylation is 1. The van der Waals surface area contributed by atoms with Gasteiger partial charge in [0.2, 0.25) is 0 Å². The van der Waals surface area contributed by atoms with E-state index in [-0.39, 0.29) is 27.7 Å². The zero-order chi connectivity index (χ0) is 8.69. The van der Waals surface area contributed by atoms with E-state index in [1.807, 2.05) is 25.1 Å². The molecule has 0 spiro atoms. The number of hydrogen-bond donors (Lipinski definition) is 0. The molecule has 1 radical (unpaired) electrons. The van der Waals surface area contributed by atoms with Gasteiger partial charge in [0.1, 0.15) is 0 Å². The number of carboxylic acid groups (broad SMARTS) is 1. The molecule has 1 aromatic rings. The number of nitrogens with zero attached hydrogens (tertiary/aromatic N) is 1. The molecule has 3 nitrogen and oxygen atoms in total. The van der Waals surface area contributed by atoms with Crippen LogP contribution in [0.2, 0.25) is 0 Å². The number of aliphatic carboxylic acids is 1. The van der Waals surface area contributed by atoms with E-state index in [1.165, 1.54) is 0 Å². The maximum atomic E-state index is 8.89. The van der Waals surface area contributed by atoms with Crippen molar-refractivity contribution in [3.63, 3.8) is 0 Å². The molecule has 0 saturated carbocycles. The number of aromatic nitrogens is 1. The van der Waals surface area contributed by atoms with Gasteiger partial charge in [-0.1, -0.05) is 6.07 Å². The molecule has 1 heterocycles. The largest absolute Gasteiger partial charge is 1.00 e. The van der Waals surface area contributed by atoms with Crippen LogP contribution < -0.4 is 5.11 Å². The van der Waals surface area contributed by atoms with Gasteiger partial charge in [-0.25, -0.2) is 0 Å². The van der Waals surface area contributed by atoms with Gasteiger partial charge in [0, 0.05) is 17.9 Å². The molecular weight excluding hydrogens is 343 g/mol. The Bertz CT molecular complexity index is 210. The number of carbonyl (C=O) groups is 1. The first-order chi connectivity index (χ1) is 5.13. The van der Waals surface area contributed by atoms with Gasteiger partial charge in [-0.15, -0.1) is 0 Å². The van der Waals surface area contributed by atoms with E-state index in [2.05, 4.69) is 4.98 Å². The monoisotopic (exact) mass is 354 g/mol. The number of hydrogen-bond acceptors (Lipinski definition) is 3. The molecule has 4 heteroatoms. The third-order valence-electron chi connectivity index (χ3n) is 0.813. The van der Waals surface area contributed by atoms with Crippen molar-refractivity contribution >= 4 is 5.97 Å². The molecule has 0 amide bonds.